The molecule has 0 saturated heterocycles. The molecule has 5 nitrogen and oxygen atoms in total. The summed E-state index contributed by atoms with van der Waals surface area (Å²) in [4.78, 5) is 20.5. The number of aliphatic imine (C=N–C) groups is 1. The fourth-order valence-corrected chi connectivity index (χ4v) is 0.390. The van der Waals surface area contributed by atoms with E-state index in [0.29, 0.717) is 6.08 Å². The lowest BCUT2D eigenvalue weighted by atomic mass is 10.6. The second-order valence-electron chi connectivity index (χ2n) is 2.29. The molecule has 0 heterocycles. The number of isocyanates is 1. The van der Waals surface area contributed by atoms with Gasteiger partial charge in [0.15, 0.2) is 0 Å². The zero-order valence-corrected chi connectivity index (χ0v) is 8.52. The van der Waals surface area contributed by atoms with E-state index in [2.05, 4.69) is 6.58 Å². The maximum absolute atomic E-state index is 11.3. The zero-order chi connectivity index (χ0) is 14.8. The number of carbonyl (C=O) groups excluding carboxylic acids is 2. The van der Waals surface area contributed by atoms with E-state index in [1.807, 2.05) is 5.32 Å². The van der Waals surface area contributed by atoms with Crippen LogP contribution in [0.2, 0.25) is 0 Å². The molecule has 104 valence electrons. The highest BCUT2D eigenvalue weighted by atomic mass is 19.4. The Bertz CT molecular complexity index is 318. The van der Waals surface area contributed by atoms with Crippen molar-refractivity contribution in [2.75, 3.05) is 6.54 Å². The highest BCUT2D eigenvalue weighted by Gasteiger charge is 2.29. The molecule has 0 bridgehead atoms. The highest BCUT2D eigenvalue weighted by molar-refractivity contribution is 5.74. The van der Waals surface area contributed by atoms with E-state index in [1.54, 1.807) is 0 Å². The summed E-state index contributed by atoms with van der Waals surface area (Å²) in [5.41, 5.74) is 0. The molecule has 0 aliphatic carbocycles. The minimum Gasteiger partial charge on any atom is -0.334 e. The first-order valence-corrected chi connectivity index (χ1v) is 3.91. The molecule has 18 heavy (non-hydrogen) atoms. The van der Waals surface area contributed by atoms with Crippen molar-refractivity contribution in [3.05, 3.63) is 12.7 Å². The van der Waals surface area contributed by atoms with Crippen LogP contribution in [-0.4, -0.2) is 31.3 Å². The van der Waals surface area contributed by atoms with E-state index >= 15 is 0 Å². The average molecular weight is 279 g/mol. The lowest BCUT2D eigenvalue weighted by molar-refractivity contribution is -0.145. The van der Waals surface area contributed by atoms with E-state index in [9.17, 15) is 31.1 Å². The van der Waals surface area contributed by atoms with Gasteiger partial charge >= 0.3 is 18.6 Å². The second kappa shape index (κ2) is 8.12. The lowest BCUT2D eigenvalue weighted by Crippen LogP contribution is -2.44. The average Bonchev–Trinajstić information content (AvgIpc) is 2.11. The van der Waals surface area contributed by atoms with E-state index in [4.69, 9.17) is 4.79 Å². The molecular formula is C7H7F6N3O2. The van der Waals surface area contributed by atoms with Crippen molar-refractivity contribution < 1.29 is 35.9 Å². The van der Waals surface area contributed by atoms with Crippen molar-refractivity contribution in [2.24, 2.45) is 4.99 Å². The van der Waals surface area contributed by atoms with Crippen LogP contribution in [0.1, 0.15) is 0 Å². The molecule has 11 heteroatoms. The standard InChI is InChI=1S/C5H7F3N2O.C2F3NO/c1-2-3-9-4(11)10-5(6,7)8;3-2(4,5)6-1-7/h2H,1,3H2,(H2,9,10,11);. The molecule has 0 radical (unpaired) electrons. The van der Waals surface area contributed by atoms with Crippen molar-refractivity contribution in [2.45, 2.75) is 12.6 Å². The maximum Gasteiger partial charge on any atom is 0.513 e. The van der Waals surface area contributed by atoms with Crippen molar-refractivity contribution in [1.82, 2.24) is 10.6 Å². The summed E-state index contributed by atoms with van der Waals surface area (Å²) in [5.74, 6) is 0. The molecule has 0 rings (SSSR count). The van der Waals surface area contributed by atoms with Gasteiger partial charge in [-0.05, 0) is 0 Å². The van der Waals surface area contributed by atoms with Crippen LogP contribution in [-0.2, 0) is 4.79 Å². The van der Waals surface area contributed by atoms with Gasteiger partial charge in [0.05, 0.1) is 0 Å². The topological polar surface area (TPSA) is 70.6 Å². The summed E-state index contributed by atoms with van der Waals surface area (Å²) in [6.07, 6.45) is -7.79. The third-order valence-electron chi connectivity index (χ3n) is 0.835. The normalized spacial score (nSPS) is 10.3. The summed E-state index contributed by atoms with van der Waals surface area (Å²) >= 11 is 0. The molecule has 0 aliphatic heterocycles. The molecule has 0 atom stereocenters. The monoisotopic (exact) mass is 279 g/mol. The van der Waals surface area contributed by atoms with Crippen LogP contribution in [0, 0.1) is 0 Å². The van der Waals surface area contributed by atoms with Crippen LogP contribution in [0.4, 0.5) is 31.1 Å². The summed E-state index contributed by atoms with van der Waals surface area (Å²) in [6.45, 7) is 3.21. The van der Waals surface area contributed by atoms with E-state index in [1.165, 1.54) is 11.1 Å². The van der Waals surface area contributed by atoms with E-state index < -0.39 is 18.6 Å². The van der Waals surface area contributed by atoms with Crippen molar-refractivity contribution in [3.63, 3.8) is 0 Å². The van der Waals surface area contributed by atoms with E-state index in [0.717, 1.165) is 5.32 Å². The summed E-state index contributed by atoms with van der Waals surface area (Å²) in [5, 5.41) is 2.66. The highest BCUT2D eigenvalue weighted by Crippen LogP contribution is 2.13. The minimum absolute atomic E-state index is 0.00190. The molecule has 0 aromatic heterocycles. The quantitative estimate of drug-likeness (QED) is 0.266. The number of urea groups is 1. The van der Waals surface area contributed by atoms with Gasteiger partial charge in [0, 0.05) is 6.54 Å². The second-order valence-corrected chi connectivity index (χ2v) is 2.29. The maximum atomic E-state index is 11.3. The fourth-order valence-electron chi connectivity index (χ4n) is 0.390. The van der Waals surface area contributed by atoms with Gasteiger partial charge in [0.2, 0.25) is 6.08 Å². The number of nitrogens with zero attached hydrogens (tertiary/aromatic N) is 1. The van der Waals surface area contributed by atoms with Gasteiger partial charge < -0.3 is 5.32 Å². The lowest BCUT2D eigenvalue weighted by Gasteiger charge is -2.07. The van der Waals surface area contributed by atoms with Crippen molar-refractivity contribution in [1.29, 1.82) is 0 Å². The molecule has 0 saturated carbocycles. The van der Waals surface area contributed by atoms with Gasteiger partial charge in [0.25, 0.3) is 0 Å². The predicted octanol–water partition coefficient (Wildman–Crippen LogP) is 1.83. The number of hydrogen-bond donors (Lipinski definition) is 2. The minimum atomic E-state index is -4.75. The SMILES string of the molecule is C=CCNC(=O)NC(F)(F)F.O=C=NC(F)(F)F. The van der Waals surface area contributed by atoms with Crippen LogP contribution < -0.4 is 10.6 Å². The van der Waals surface area contributed by atoms with Crippen molar-refractivity contribution in [3.8, 4) is 0 Å². The Labute approximate surface area is 96.6 Å². The Balaban J connectivity index is 0. The van der Waals surface area contributed by atoms with Gasteiger partial charge in [0.1, 0.15) is 0 Å². The van der Waals surface area contributed by atoms with Crippen LogP contribution in [0.15, 0.2) is 17.6 Å². The Hall–Kier alpha value is -2.03. The first-order chi connectivity index (χ1) is 8.02. The van der Waals surface area contributed by atoms with Gasteiger partial charge in [-0.15, -0.1) is 24.7 Å². The molecule has 0 unspecified atom stereocenters. The van der Waals surface area contributed by atoms with Gasteiger partial charge in [-0.2, -0.15) is 13.2 Å². The van der Waals surface area contributed by atoms with Crippen LogP contribution in [0.5, 0.6) is 0 Å². The molecule has 0 aliphatic rings. The number of amides is 2. The molecule has 0 aromatic rings. The smallest absolute Gasteiger partial charge is 0.334 e. The van der Waals surface area contributed by atoms with Gasteiger partial charge in [-0.1, -0.05) is 6.08 Å². The van der Waals surface area contributed by atoms with E-state index in [-0.39, 0.29) is 6.54 Å². The number of nitrogens with one attached hydrogen (secondary N) is 2. The van der Waals surface area contributed by atoms with Gasteiger partial charge in [-0.25, -0.2) is 14.9 Å². The molecule has 2 amide bonds. The van der Waals surface area contributed by atoms with Crippen LogP contribution >= 0.6 is 0 Å². The van der Waals surface area contributed by atoms with Crippen molar-refractivity contribution >= 4 is 12.1 Å². The summed E-state index contributed by atoms with van der Waals surface area (Å²) in [7, 11) is 0. The third kappa shape index (κ3) is 19.5. The number of halogens is 6. The Morgan fingerprint density at radius 1 is 1.28 bits per heavy atom. The molecule has 2 N–H and O–H groups in total. The predicted molar refractivity (Wildman–Crippen MR) is 47.0 cm³/mol. The number of hydrogen-bond acceptors (Lipinski definition) is 3. The fraction of sp³-hybridized carbons (Fsp3) is 0.429. The Morgan fingerprint density at radius 2 is 1.78 bits per heavy atom. The van der Waals surface area contributed by atoms with Crippen LogP contribution in [0.3, 0.4) is 0 Å². The molecule has 0 fully saturated rings. The number of carbonyl (C=O) groups is 1. The summed E-state index contributed by atoms with van der Waals surface area (Å²) < 4.78 is 65.9. The zero-order valence-electron chi connectivity index (χ0n) is 8.52. The first kappa shape index (κ1) is 18.3. The largest absolute Gasteiger partial charge is 0.513 e. The molecule has 0 aromatic carbocycles. The summed E-state index contributed by atoms with van der Waals surface area (Å²) in [6, 6.07) is -1.28. The van der Waals surface area contributed by atoms with Crippen LogP contribution in [0.25, 0.3) is 0 Å². The number of alkyl halides is 6. The first-order valence-electron chi connectivity index (χ1n) is 3.91. The number of rotatable bonds is 2. The Kier molecular flexibility index (Phi) is 8.27. The molecular weight excluding hydrogens is 272 g/mol. The third-order valence-corrected chi connectivity index (χ3v) is 0.835. The Morgan fingerprint density at radius 3 is 2.00 bits per heavy atom. The molecule has 0 spiro atoms. The van der Waals surface area contributed by atoms with Gasteiger partial charge in [-0.3, -0.25) is 0 Å².